The SMILES string of the molecule is O=C1c2cc(Cl)ccc2NCN1[C@H]1CCC[C@@H](n2c(-c3ccccc3F)nc3cnc(-c4ncn[nH]4)cc32)C1. The largest absolute Gasteiger partial charge is 0.367 e. The number of nitrogens with one attached hydrogen (secondary N) is 2. The van der Waals surface area contributed by atoms with E-state index in [1.807, 2.05) is 23.1 Å². The van der Waals surface area contributed by atoms with E-state index in [2.05, 4.69) is 30.0 Å². The molecule has 1 fully saturated rings. The van der Waals surface area contributed by atoms with Gasteiger partial charge in [-0.1, -0.05) is 23.7 Å². The van der Waals surface area contributed by atoms with Gasteiger partial charge in [-0.3, -0.25) is 14.9 Å². The quantitative estimate of drug-likeness (QED) is 0.302. The van der Waals surface area contributed by atoms with Gasteiger partial charge >= 0.3 is 0 Å². The second-order valence-electron chi connectivity index (χ2n) is 9.95. The van der Waals surface area contributed by atoms with E-state index in [0.717, 1.165) is 30.5 Å². The van der Waals surface area contributed by atoms with Gasteiger partial charge in [0.05, 0.1) is 29.5 Å². The summed E-state index contributed by atoms with van der Waals surface area (Å²) in [7, 11) is 0. The third-order valence-electron chi connectivity index (χ3n) is 7.69. The Morgan fingerprint density at radius 3 is 2.74 bits per heavy atom. The van der Waals surface area contributed by atoms with Gasteiger partial charge in [-0.05, 0) is 62.1 Å². The Bertz CT molecular complexity index is 1700. The lowest BCUT2D eigenvalue weighted by atomic mass is 9.88. The molecule has 39 heavy (non-hydrogen) atoms. The number of hydrogen-bond donors (Lipinski definition) is 2. The van der Waals surface area contributed by atoms with Gasteiger partial charge in [-0.25, -0.2) is 14.4 Å². The minimum Gasteiger partial charge on any atom is -0.367 e. The molecule has 196 valence electrons. The van der Waals surface area contributed by atoms with Crippen LogP contribution in [0.2, 0.25) is 5.02 Å². The summed E-state index contributed by atoms with van der Waals surface area (Å²) in [5, 5.41) is 10.7. The van der Waals surface area contributed by atoms with E-state index in [-0.39, 0.29) is 23.8 Å². The topological polar surface area (TPSA) is 105 Å². The van der Waals surface area contributed by atoms with Crippen molar-refractivity contribution in [3.05, 3.63) is 77.5 Å². The first kappa shape index (κ1) is 23.8. The van der Waals surface area contributed by atoms with Crippen LogP contribution in [-0.2, 0) is 0 Å². The summed E-state index contributed by atoms with van der Waals surface area (Å²) in [6.45, 7) is 0.426. The number of benzene rings is 2. The maximum atomic E-state index is 15.1. The van der Waals surface area contributed by atoms with Gasteiger partial charge in [0.1, 0.15) is 29.2 Å². The Hall–Kier alpha value is -4.31. The maximum absolute atomic E-state index is 15.1. The van der Waals surface area contributed by atoms with E-state index >= 15 is 4.39 Å². The maximum Gasteiger partial charge on any atom is 0.257 e. The number of nitrogens with zero attached hydrogens (tertiary/aromatic N) is 6. The normalized spacial score (nSPS) is 19.2. The lowest BCUT2D eigenvalue weighted by molar-refractivity contribution is 0.0612. The predicted octanol–water partition coefficient (Wildman–Crippen LogP) is 5.69. The van der Waals surface area contributed by atoms with E-state index in [9.17, 15) is 4.79 Å². The zero-order chi connectivity index (χ0) is 26.5. The number of pyridine rings is 1. The highest BCUT2D eigenvalue weighted by Gasteiger charge is 2.35. The van der Waals surface area contributed by atoms with Crippen LogP contribution in [0.1, 0.15) is 42.1 Å². The number of H-pyrrole nitrogens is 1. The first-order valence-electron chi connectivity index (χ1n) is 12.9. The lowest BCUT2D eigenvalue weighted by Gasteiger charge is -2.41. The summed E-state index contributed by atoms with van der Waals surface area (Å²) >= 11 is 6.20. The van der Waals surface area contributed by atoms with Crippen molar-refractivity contribution in [1.29, 1.82) is 0 Å². The van der Waals surface area contributed by atoms with Crippen LogP contribution in [0.3, 0.4) is 0 Å². The number of carbonyl (C=O) groups is 1. The zero-order valence-corrected chi connectivity index (χ0v) is 21.6. The molecule has 2 atom stereocenters. The summed E-state index contributed by atoms with van der Waals surface area (Å²) in [4.78, 5) is 29.0. The molecule has 3 aromatic heterocycles. The molecule has 1 aliphatic heterocycles. The standard InChI is InChI=1S/C28H24ClFN8O/c29-16-8-9-22-20(10-16)28(39)37(15-33-22)17-4-3-5-18(11-17)38-25-12-23(26-32-14-34-36-26)31-13-24(25)35-27(38)19-6-1-2-7-21(19)30/h1-2,6-10,12-14,17-18,33H,3-5,11,15H2,(H,32,34,36)/t17-,18+/m0/s1. The number of carbonyl (C=O) groups excluding carboxylic acids is 1. The second kappa shape index (κ2) is 9.46. The van der Waals surface area contributed by atoms with E-state index in [0.29, 0.717) is 52.1 Å². The molecule has 1 aliphatic carbocycles. The summed E-state index contributed by atoms with van der Waals surface area (Å²) in [6, 6.07) is 13.9. The van der Waals surface area contributed by atoms with Gasteiger partial charge in [-0.2, -0.15) is 5.10 Å². The molecule has 0 spiro atoms. The average Bonchev–Trinajstić information content (AvgIpc) is 3.62. The number of aromatic amines is 1. The predicted molar refractivity (Wildman–Crippen MR) is 146 cm³/mol. The van der Waals surface area contributed by atoms with Crippen molar-refractivity contribution in [2.45, 2.75) is 37.8 Å². The van der Waals surface area contributed by atoms with Crippen molar-refractivity contribution < 1.29 is 9.18 Å². The summed E-state index contributed by atoms with van der Waals surface area (Å²) < 4.78 is 17.2. The van der Waals surface area contributed by atoms with Crippen LogP contribution in [-0.4, -0.2) is 53.2 Å². The van der Waals surface area contributed by atoms with Crippen LogP contribution in [0.5, 0.6) is 0 Å². The highest BCUT2D eigenvalue weighted by molar-refractivity contribution is 6.31. The van der Waals surface area contributed by atoms with Gasteiger partial charge in [0.2, 0.25) is 0 Å². The number of fused-ring (bicyclic) bond motifs is 2. The van der Waals surface area contributed by atoms with Gasteiger partial charge in [0.15, 0.2) is 5.82 Å². The Morgan fingerprint density at radius 1 is 1.03 bits per heavy atom. The Labute approximate surface area is 228 Å². The third kappa shape index (κ3) is 4.11. The molecule has 1 saturated carbocycles. The third-order valence-corrected chi connectivity index (χ3v) is 7.92. The van der Waals surface area contributed by atoms with Crippen molar-refractivity contribution in [3.63, 3.8) is 0 Å². The zero-order valence-electron chi connectivity index (χ0n) is 20.8. The van der Waals surface area contributed by atoms with Gasteiger partial charge in [0, 0.05) is 22.8 Å². The number of rotatable bonds is 4. The number of hydrogen-bond acceptors (Lipinski definition) is 6. The van der Waals surface area contributed by atoms with E-state index in [1.54, 1.807) is 30.5 Å². The van der Waals surface area contributed by atoms with Crippen LogP contribution in [0, 0.1) is 5.82 Å². The molecule has 11 heteroatoms. The molecule has 4 heterocycles. The molecule has 2 aromatic carbocycles. The van der Waals surface area contributed by atoms with Crippen molar-refractivity contribution in [1.82, 2.24) is 34.6 Å². The van der Waals surface area contributed by atoms with E-state index in [4.69, 9.17) is 16.6 Å². The second-order valence-corrected chi connectivity index (χ2v) is 10.4. The lowest BCUT2D eigenvalue weighted by Crippen LogP contribution is -2.48. The van der Waals surface area contributed by atoms with Gasteiger partial charge in [-0.15, -0.1) is 0 Å². The van der Waals surface area contributed by atoms with Crippen molar-refractivity contribution >= 4 is 34.2 Å². The van der Waals surface area contributed by atoms with Crippen LogP contribution in [0.4, 0.5) is 10.1 Å². The molecule has 2 aliphatic rings. The molecular weight excluding hydrogens is 519 g/mol. The van der Waals surface area contributed by atoms with Gasteiger partial charge in [0.25, 0.3) is 5.91 Å². The monoisotopic (exact) mass is 542 g/mol. The Morgan fingerprint density at radius 2 is 1.90 bits per heavy atom. The number of amides is 1. The fraction of sp³-hybridized carbons (Fsp3) is 0.250. The molecule has 0 unspecified atom stereocenters. The molecule has 9 nitrogen and oxygen atoms in total. The summed E-state index contributed by atoms with van der Waals surface area (Å²) in [6.07, 6.45) is 6.50. The Kier molecular flexibility index (Phi) is 5.77. The van der Waals surface area contributed by atoms with Crippen LogP contribution >= 0.6 is 11.6 Å². The summed E-state index contributed by atoms with van der Waals surface area (Å²) in [5.41, 5.74) is 3.92. The summed E-state index contributed by atoms with van der Waals surface area (Å²) in [5.74, 6) is 0.721. The first-order valence-corrected chi connectivity index (χ1v) is 13.3. The fourth-order valence-corrected chi connectivity index (χ4v) is 6.03. The molecule has 1 amide bonds. The minimum atomic E-state index is -0.339. The number of aromatic nitrogens is 6. The average molecular weight is 543 g/mol. The fourth-order valence-electron chi connectivity index (χ4n) is 5.86. The van der Waals surface area contributed by atoms with Crippen LogP contribution < -0.4 is 5.32 Å². The Balaban J connectivity index is 1.30. The van der Waals surface area contributed by atoms with Crippen LogP contribution in [0.15, 0.2) is 61.1 Å². The van der Waals surface area contributed by atoms with Crippen LogP contribution in [0.25, 0.3) is 33.9 Å². The van der Waals surface area contributed by atoms with Gasteiger partial charge < -0.3 is 14.8 Å². The molecule has 0 bridgehead atoms. The number of halogens is 2. The highest BCUT2D eigenvalue weighted by atomic mass is 35.5. The molecule has 2 N–H and O–H groups in total. The molecule has 0 saturated heterocycles. The molecular formula is C28H24ClFN8O. The number of anilines is 1. The van der Waals surface area contributed by atoms with Crippen molar-refractivity contribution in [2.75, 3.05) is 12.0 Å². The van der Waals surface area contributed by atoms with E-state index in [1.165, 1.54) is 12.4 Å². The van der Waals surface area contributed by atoms with Crippen molar-refractivity contribution in [3.8, 4) is 22.9 Å². The first-order chi connectivity index (χ1) is 19.1. The molecule has 7 rings (SSSR count). The smallest absolute Gasteiger partial charge is 0.257 e. The van der Waals surface area contributed by atoms with Crippen molar-refractivity contribution in [2.24, 2.45) is 0 Å². The molecule has 0 radical (unpaired) electrons. The molecule has 5 aromatic rings. The van der Waals surface area contributed by atoms with E-state index < -0.39 is 0 Å². The highest BCUT2D eigenvalue weighted by Crippen LogP contribution is 2.39. The minimum absolute atomic E-state index is 0.00242. The number of imidazole rings is 1.